The Morgan fingerprint density at radius 3 is 1.93 bits per heavy atom. The van der Waals surface area contributed by atoms with Gasteiger partial charge in [0.05, 0.1) is 30.8 Å². The molecule has 3 rings (SSSR count). The molecule has 0 aliphatic carbocycles. The molecule has 6 heteroatoms. The van der Waals surface area contributed by atoms with Crippen LogP contribution < -0.4 is 13.8 Å². The van der Waals surface area contributed by atoms with Gasteiger partial charge in [0.15, 0.2) is 11.5 Å². The third-order valence-corrected chi connectivity index (χ3v) is 6.47. The molecule has 0 radical (unpaired) electrons. The maximum Gasteiger partial charge on any atom is 0.264 e. The maximum atomic E-state index is 13.6. The molecule has 0 N–H and O–H groups in total. The van der Waals surface area contributed by atoms with E-state index in [9.17, 15) is 8.42 Å². The van der Waals surface area contributed by atoms with E-state index in [-0.39, 0.29) is 4.90 Å². The molecular weight excluding hydrogens is 374 g/mol. The highest BCUT2D eigenvalue weighted by Crippen LogP contribution is 2.38. The van der Waals surface area contributed by atoms with Gasteiger partial charge in [0.1, 0.15) is 0 Å². The van der Waals surface area contributed by atoms with E-state index in [1.165, 1.54) is 11.4 Å². The summed E-state index contributed by atoms with van der Waals surface area (Å²) in [6.07, 6.45) is 0. The molecule has 0 amide bonds. The lowest BCUT2D eigenvalue weighted by Crippen LogP contribution is -2.33. The highest BCUT2D eigenvalue weighted by Gasteiger charge is 2.31. The molecule has 0 heterocycles. The van der Waals surface area contributed by atoms with E-state index >= 15 is 0 Å². The number of methoxy groups -OCH3 is 2. The van der Waals surface area contributed by atoms with Gasteiger partial charge >= 0.3 is 0 Å². The van der Waals surface area contributed by atoms with E-state index in [4.69, 9.17) is 9.47 Å². The first-order valence-electron chi connectivity index (χ1n) is 8.85. The molecule has 0 unspecified atom stereocenters. The van der Waals surface area contributed by atoms with Crippen molar-refractivity contribution in [2.45, 2.75) is 17.9 Å². The fraction of sp³-hybridized carbons (Fsp3) is 0.182. The number of anilines is 1. The standard InChI is InChI=1S/C22H23NO4S/c1-17(18-10-6-4-7-11-18)23(28(24,25)20-12-8-5-9-13-20)19-14-15-21(26-2)22(16-19)27-3/h4-17H,1-3H3/t17-/m1/s1. The van der Waals surface area contributed by atoms with Crippen LogP contribution in [0.1, 0.15) is 18.5 Å². The Labute approximate surface area is 166 Å². The van der Waals surface area contributed by atoms with Gasteiger partial charge in [-0.1, -0.05) is 48.5 Å². The summed E-state index contributed by atoms with van der Waals surface area (Å²) in [5.74, 6) is 1.00. The van der Waals surface area contributed by atoms with Crippen molar-refractivity contribution in [3.8, 4) is 11.5 Å². The minimum absolute atomic E-state index is 0.229. The van der Waals surface area contributed by atoms with Gasteiger partial charge < -0.3 is 9.47 Å². The fourth-order valence-corrected chi connectivity index (χ4v) is 4.76. The van der Waals surface area contributed by atoms with Crippen LogP contribution in [0, 0.1) is 0 Å². The Kier molecular flexibility index (Phi) is 5.90. The van der Waals surface area contributed by atoms with Crippen LogP contribution in [0.2, 0.25) is 0 Å². The first-order valence-corrected chi connectivity index (χ1v) is 10.3. The van der Waals surface area contributed by atoms with Crippen LogP contribution in [0.15, 0.2) is 83.8 Å². The van der Waals surface area contributed by atoms with Crippen molar-refractivity contribution < 1.29 is 17.9 Å². The molecule has 28 heavy (non-hydrogen) atoms. The fourth-order valence-electron chi connectivity index (χ4n) is 3.11. The highest BCUT2D eigenvalue weighted by molar-refractivity contribution is 7.92. The summed E-state index contributed by atoms with van der Waals surface area (Å²) in [5, 5.41) is 0. The predicted octanol–water partition coefficient (Wildman–Crippen LogP) is 4.66. The van der Waals surface area contributed by atoms with Crippen molar-refractivity contribution in [2.75, 3.05) is 18.5 Å². The summed E-state index contributed by atoms with van der Waals surface area (Å²) in [6.45, 7) is 1.87. The largest absolute Gasteiger partial charge is 0.493 e. The van der Waals surface area contributed by atoms with E-state index in [2.05, 4.69) is 0 Å². The molecule has 0 fully saturated rings. The van der Waals surface area contributed by atoms with E-state index in [1.54, 1.807) is 55.6 Å². The Morgan fingerprint density at radius 1 is 0.786 bits per heavy atom. The van der Waals surface area contributed by atoms with Gasteiger partial charge in [-0.25, -0.2) is 8.42 Å². The topological polar surface area (TPSA) is 55.8 Å². The SMILES string of the molecule is COc1ccc(N([C@H](C)c2ccccc2)S(=O)(=O)c2ccccc2)cc1OC. The van der Waals surface area contributed by atoms with Crippen LogP contribution in [0.25, 0.3) is 0 Å². The lowest BCUT2D eigenvalue weighted by molar-refractivity contribution is 0.355. The molecule has 0 saturated heterocycles. The molecule has 3 aromatic rings. The number of nitrogens with zero attached hydrogens (tertiary/aromatic N) is 1. The van der Waals surface area contributed by atoms with Crippen LogP contribution in [0.3, 0.4) is 0 Å². The van der Waals surface area contributed by atoms with Crippen molar-refractivity contribution in [3.05, 3.63) is 84.4 Å². The molecule has 0 aliphatic heterocycles. The molecule has 1 atom stereocenters. The molecule has 0 aliphatic rings. The van der Waals surface area contributed by atoms with E-state index in [1.807, 2.05) is 37.3 Å². The molecule has 0 bridgehead atoms. The minimum Gasteiger partial charge on any atom is -0.493 e. The lowest BCUT2D eigenvalue weighted by Gasteiger charge is -2.31. The van der Waals surface area contributed by atoms with Gasteiger partial charge in [0.25, 0.3) is 10.0 Å². The third-order valence-electron chi connectivity index (χ3n) is 4.56. The van der Waals surface area contributed by atoms with Crippen LogP contribution in [-0.2, 0) is 10.0 Å². The van der Waals surface area contributed by atoms with Crippen molar-refractivity contribution in [3.63, 3.8) is 0 Å². The van der Waals surface area contributed by atoms with Gasteiger partial charge in [0, 0.05) is 6.07 Å². The Bertz CT molecular complexity index is 1020. The average molecular weight is 397 g/mol. The molecule has 0 saturated carbocycles. The van der Waals surface area contributed by atoms with Crippen molar-refractivity contribution in [1.82, 2.24) is 0 Å². The van der Waals surface area contributed by atoms with Crippen molar-refractivity contribution in [1.29, 1.82) is 0 Å². The second kappa shape index (κ2) is 8.35. The van der Waals surface area contributed by atoms with E-state index in [0.717, 1.165) is 5.56 Å². The zero-order chi connectivity index (χ0) is 20.1. The number of hydrogen-bond donors (Lipinski definition) is 0. The molecule has 3 aromatic carbocycles. The van der Waals surface area contributed by atoms with Crippen LogP contribution in [0.5, 0.6) is 11.5 Å². The van der Waals surface area contributed by atoms with E-state index in [0.29, 0.717) is 17.2 Å². The maximum absolute atomic E-state index is 13.6. The summed E-state index contributed by atoms with van der Waals surface area (Å²) in [6, 6.07) is 22.6. The smallest absolute Gasteiger partial charge is 0.264 e. The zero-order valence-electron chi connectivity index (χ0n) is 16.1. The van der Waals surface area contributed by atoms with Crippen molar-refractivity contribution >= 4 is 15.7 Å². The summed E-state index contributed by atoms with van der Waals surface area (Å²) < 4.78 is 39.2. The molecule has 146 valence electrons. The summed E-state index contributed by atoms with van der Waals surface area (Å²) >= 11 is 0. The number of sulfonamides is 1. The van der Waals surface area contributed by atoms with Gasteiger partial charge in [-0.3, -0.25) is 4.31 Å². The number of ether oxygens (including phenoxy) is 2. The molecule has 0 aromatic heterocycles. The van der Waals surface area contributed by atoms with Crippen LogP contribution in [0.4, 0.5) is 5.69 Å². The highest BCUT2D eigenvalue weighted by atomic mass is 32.2. The summed E-state index contributed by atoms with van der Waals surface area (Å²) in [4.78, 5) is 0.229. The van der Waals surface area contributed by atoms with Gasteiger partial charge in [-0.2, -0.15) is 0 Å². The predicted molar refractivity (Wildman–Crippen MR) is 111 cm³/mol. The quantitative estimate of drug-likeness (QED) is 0.582. The second-order valence-electron chi connectivity index (χ2n) is 6.24. The first kappa shape index (κ1) is 19.8. The van der Waals surface area contributed by atoms with Gasteiger partial charge in [-0.05, 0) is 36.8 Å². The van der Waals surface area contributed by atoms with Crippen LogP contribution >= 0.6 is 0 Å². The molecular formula is C22H23NO4S. The first-order chi connectivity index (χ1) is 13.5. The van der Waals surface area contributed by atoms with Gasteiger partial charge in [0.2, 0.25) is 0 Å². The number of benzene rings is 3. The number of rotatable bonds is 7. The molecule has 0 spiro atoms. The van der Waals surface area contributed by atoms with Crippen LogP contribution in [-0.4, -0.2) is 22.6 Å². The number of hydrogen-bond acceptors (Lipinski definition) is 4. The monoisotopic (exact) mass is 397 g/mol. The minimum atomic E-state index is -3.81. The summed E-state index contributed by atoms with van der Waals surface area (Å²) in [5.41, 5.74) is 1.38. The van der Waals surface area contributed by atoms with Gasteiger partial charge in [-0.15, -0.1) is 0 Å². The van der Waals surface area contributed by atoms with E-state index < -0.39 is 16.1 Å². The molecule has 5 nitrogen and oxygen atoms in total. The Morgan fingerprint density at radius 2 is 1.36 bits per heavy atom. The Hall–Kier alpha value is -2.99. The third kappa shape index (κ3) is 3.82. The Balaban J connectivity index is 2.18. The summed E-state index contributed by atoms with van der Waals surface area (Å²) in [7, 11) is -0.739. The zero-order valence-corrected chi connectivity index (χ0v) is 16.9. The van der Waals surface area contributed by atoms with Crippen molar-refractivity contribution in [2.24, 2.45) is 0 Å². The second-order valence-corrected chi connectivity index (χ2v) is 8.05. The lowest BCUT2D eigenvalue weighted by atomic mass is 10.1. The average Bonchev–Trinajstić information content (AvgIpc) is 2.74. The normalized spacial score (nSPS) is 12.2.